The first-order valence-corrected chi connectivity index (χ1v) is 6.69. The van der Waals surface area contributed by atoms with Crippen LogP contribution in [0.3, 0.4) is 0 Å². The van der Waals surface area contributed by atoms with Gasteiger partial charge in [-0.25, -0.2) is 4.98 Å². The molecule has 2 aromatic rings. The van der Waals surface area contributed by atoms with Crippen LogP contribution in [-0.2, 0) is 13.0 Å². The largest absolute Gasteiger partial charge is 0.397 e. The number of likely N-dealkylation sites (N-methyl/N-ethyl adjacent to an activating group) is 1. The molecule has 6 heteroatoms. The number of hydrogen-bond donors (Lipinski definition) is 3. The Bertz CT molecular complexity index is 649. The van der Waals surface area contributed by atoms with Gasteiger partial charge < -0.3 is 16.4 Å². The molecule has 2 aromatic heterocycles. The van der Waals surface area contributed by atoms with Gasteiger partial charge in [-0.15, -0.1) is 11.3 Å². The molecule has 1 amide bonds. The summed E-state index contributed by atoms with van der Waals surface area (Å²) in [4.78, 5) is 18.6. The first kappa shape index (κ1) is 11.4. The van der Waals surface area contributed by atoms with Crippen LogP contribution < -0.4 is 16.4 Å². The van der Waals surface area contributed by atoms with Gasteiger partial charge in [-0.05, 0) is 6.07 Å². The lowest BCUT2D eigenvalue weighted by atomic mass is 10.0. The molecule has 3 heterocycles. The summed E-state index contributed by atoms with van der Waals surface area (Å²) in [7, 11) is 2.17. The van der Waals surface area contributed by atoms with Crippen LogP contribution in [0.1, 0.15) is 20.9 Å². The summed E-state index contributed by atoms with van der Waals surface area (Å²) in [5.41, 5.74) is 14.1. The number of pyridine rings is 1. The highest BCUT2D eigenvalue weighted by atomic mass is 32.1. The van der Waals surface area contributed by atoms with Crippen molar-refractivity contribution in [3.63, 3.8) is 0 Å². The van der Waals surface area contributed by atoms with Gasteiger partial charge in [-0.1, -0.05) is 0 Å². The molecule has 1 atom stereocenters. The van der Waals surface area contributed by atoms with Crippen LogP contribution in [0.5, 0.6) is 0 Å². The van der Waals surface area contributed by atoms with Crippen molar-refractivity contribution in [3.05, 3.63) is 22.2 Å². The van der Waals surface area contributed by atoms with E-state index in [1.165, 1.54) is 21.8 Å². The van der Waals surface area contributed by atoms with Crippen molar-refractivity contribution < 1.29 is 9.69 Å². The number of rotatable bonds is 1. The average Bonchev–Trinajstić information content (AvgIpc) is 2.64. The van der Waals surface area contributed by atoms with Crippen molar-refractivity contribution in [3.8, 4) is 0 Å². The summed E-state index contributed by atoms with van der Waals surface area (Å²) in [5, 5.41) is 0.863. The predicted molar refractivity (Wildman–Crippen MR) is 71.7 cm³/mol. The second-order valence-electron chi connectivity index (χ2n) is 4.79. The maximum Gasteiger partial charge on any atom is 0.260 e. The van der Waals surface area contributed by atoms with Gasteiger partial charge in [0.15, 0.2) is 0 Å². The van der Waals surface area contributed by atoms with E-state index in [0.29, 0.717) is 10.6 Å². The third-order valence-corrected chi connectivity index (χ3v) is 4.52. The Kier molecular flexibility index (Phi) is 2.49. The van der Waals surface area contributed by atoms with Crippen LogP contribution >= 0.6 is 11.3 Å². The molecular weight excluding hydrogens is 248 g/mol. The topological polar surface area (TPSA) is 86.4 Å². The zero-order valence-electron chi connectivity index (χ0n) is 10.1. The molecular formula is C12H15N4OS+. The van der Waals surface area contributed by atoms with Crippen LogP contribution in [0.25, 0.3) is 10.2 Å². The first-order valence-electron chi connectivity index (χ1n) is 5.88. The lowest BCUT2D eigenvalue weighted by Crippen LogP contribution is -3.08. The van der Waals surface area contributed by atoms with Gasteiger partial charge in [-0.3, -0.25) is 4.79 Å². The first-order chi connectivity index (χ1) is 8.56. The zero-order valence-corrected chi connectivity index (χ0v) is 10.9. The van der Waals surface area contributed by atoms with E-state index in [0.717, 1.165) is 35.4 Å². The highest BCUT2D eigenvalue weighted by Gasteiger charge is 2.21. The predicted octanol–water partition coefficient (Wildman–Crippen LogP) is -0.452. The Morgan fingerprint density at radius 3 is 3.06 bits per heavy atom. The number of aromatic nitrogens is 1. The molecule has 5 nitrogen and oxygen atoms in total. The lowest BCUT2D eigenvalue weighted by molar-refractivity contribution is -0.895. The highest BCUT2D eigenvalue weighted by Crippen LogP contribution is 2.33. The van der Waals surface area contributed by atoms with Crippen molar-refractivity contribution in [1.29, 1.82) is 0 Å². The van der Waals surface area contributed by atoms with Gasteiger partial charge in [0, 0.05) is 17.4 Å². The number of hydrogen-bond acceptors (Lipinski definition) is 4. The van der Waals surface area contributed by atoms with Crippen LogP contribution in [0, 0.1) is 0 Å². The number of nitrogens with two attached hydrogens (primary N) is 2. The van der Waals surface area contributed by atoms with Crippen LogP contribution in [0.15, 0.2) is 6.07 Å². The molecule has 3 rings (SSSR count). The van der Waals surface area contributed by atoms with E-state index < -0.39 is 5.91 Å². The fourth-order valence-corrected chi connectivity index (χ4v) is 3.36. The Labute approximate surface area is 108 Å². The number of nitrogen functional groups attached to an aromatic ring is 1. The number of quaternary nitrogens is 1. The van der Waals surface area contributed by atoms with E-state index in [-0.39, 0.29) is 0 Å². The zero-order chi connectivity index (χ0) is 12.9. The average molecular weight is 263 g/mol. The van der Waals surface area contributed by atoms with E-state index in [1.54, 1.807) is 0 Å². The minimum atomic E-state index is -0.476. The Balaban J connectivity index is 2.22. The molecule has 0 spiro atoms. The normalized spacial score (nSPS) is 18.8. The van der Waals surface area contributed by atoms with Gasteiger partial charge in [0.25, 0.3) is 5.91 Å². The molecule has 18 heavy (non-hydrogen) atoms. The van der Waals surface area contributed by atoms with Gasteiger partial charge >= 0.3 is 0 Å². The fourth-order valence-electron chi connectivity index (χ4n) is 2.42. The molecule has 0 bridgehead atoms. The van der Waals surface area contributed by atoms with Gasteiger partial charge in [0.1, 0.15) is 16.3 Å². The summed E-state index contributed by atoms with van der Waals surface area (Å²) in [6, 6.07) is 2.07. The van der Waals surface area contributed by atoms with Gasteiger partial charge in [0.05, 0.1) is 25.0 Å². The van der Waals surface area contributed by atoms with E-state index in [9.17, 15) is 4.79 Å². The number of nitrogens with zero attached hydrogens (tertiary/aromatic N) is 1. The molecule has 1 unspecified atom stereocenters. The smallest absolute Gasteiger partial charge is 0.260 e. The molecule has 0 aliphatic carbocycles. The monoisotopic (exact) mass is 263 g/mol. The van der Waals surface area contributed by atoms with Crippen molar-refractivity contribution in [2.75, 3.05) is 19.3 Å². The maximum atomic E-state index is 11.3. The number of thiophene rings is 1. The summed E-state index contributed by atoms with van der Waals surface area (Å²) < 4.78 is 0. The van der Waals surface area contributed by atoms with Gasteiger partial charge in [0.2, 0.25) is 0 Å². The van der Waals surface area contributed by atoms with Crippen molar-refractivity contribution in [2.24, 2.45) is 5.73 Å². The molecule has 1 aliphatic heterocycles. The molecule has 0 saturated carbocycles. The Hall–Kier alpha value is -1.66. The lowest BCUT2D eigenvalue weighted by Gasteiger charge is -2.21. The number of anilines is 1. The summed E-state index contributed by atoms with van der Waals surface area (Å²) in [6.45, 7) is 2.05. The van der Waals surface area contributed by atoms with Crippen LogP contribution in [0.2, 0.25) is 0 Å². The van der Waals surface area contributed by atoms with Crippen LogP contribution in [-0.4, -0.2) is 24.5 Å². The maximum absolute atomic E-state index is 11.3. The van der Waals surface area contributed by atoms with Crippen molar-refractivity contribution in [2.45, 2.75) is 13.0 Å². The Morgan fingerprint density at radius 1 is 1.56 bits per heavy atom. The fraction of sp³-hybridized carbons (Fsp3) is 0.333. The van der Waals surface area contributed by atoms with E-state index in [4.69, 9.17) is 11.5 Å². The standard InChI is InChI=1S/C12H14N4OS/c1-16-3-2-8-6(5-16)4-7-9(13)10(11(14)17)18-12(7)15-8/h4H,2-3,5,13H2,1H3,(H2,14,17)/p+1. The second kappa shape index (κ2) is 3.93. The van der Waals surface area contributed by atoms with Crippen LogP contribution in [0.4, 0.5) is 5.69 Å². The molecule has 0 radical (unpaired) electrons. The third-order valence-electron chi connectivity index (χ3n) is 3.39. The van der Waals surface area contributed by atoms with Gasteiger partial charge in [-0.2, -0.15) is 0 Å². The molecule has 94 valence electrons. The summed E-state index contributed by atoms with van der Waals surface area (Å²) >= 11 is 1.29. The molecule has 0 fully saturated rings. The minimum Gasteiger partial charge on any atom is -0.397 e. The van der Waals surface area contributed by atoms with E-state index >= 15 is 0 Å². The van der Waals surface area contributed by atoms with E-state index in [1.807, 2.05) is 0 Å². The quantitative estimate of drug-likeness (QED) is 0.651. The molecule has 0 saturated heterocycles. The number of nitrogens with one attached hydrogen (secondary N) is 1. The summed E-state index contributed by atoms with van der Waals surface area (Å²) in [6.07, 6.45) is 0.973. The third kappa shape index (κ3) is 1.65. The summed E-state index contributed by atoms with van der Waals surface area (Å²) in [5.74, 6) is -0.476. The number of carbonyl (C=O) groups excluding carboxylic acids is 1. The second-order valence-corrected chi connectivity index (χ2v) is 5.79. The number of amides is 1. The number of carbonyl (C=O) groups is 1. The number of fused-ring (bicyclic) bond motifs is 2. The highest BCUT2D eigenvalue weighted by molar-refractivity contribution is 7.21. The Morgan fingerprint density at radius 2 is 2.33 bits per heavy atom. The SMILES string of the molecule is C[NH+]1CCc2nc3sc(C(N)=O)c(N)c3cc2C1. The molecule has 1 aliphatic rings. The minimum absolute atomic E-state index is 0.417. The molecule has 0 aromatic carbocycles. The van der Waals surface area contributed by atoms with Crippen molar-refractivity contribution >= 4 is 33.1 Å². The van der Waals surface area contributed by atoms with E-state index in [2.05, 4.69) is 18.1 Å². The number of primary amides is 1. The van der Waals surface area contributed by atoms with Crippen molar-refractivity contribution in [1.82, 2.24) is 4.98 Å². The molecule has 5 N–H and O–H groups in total.